The topological polar surface area (TPSA) is 21.8 Å². The van der Waals surface area contributed by atoms with Gasteiger partial charge in [-0.05, 0) is 45.4 Å². The van der Waals surface area contributed by atoms with Crippen LogP contribution in [0.15, 0.2) is 12.2 Å². The van der Waals surface area contributed by atoms with E-state index in [1.54, 1.807) is 0 Å². The molecule has 1 saturated heterocycles. The highest BCUT2D eigenvalue weighted by Crippen LogP contribution is 2.52. The van der Waals surface area contributed by atoms with E-state index in [1.807, 2.05) is 6.92 Å². The molecule has 0 N–H and O–H groups in total. The number of hydrogen-bond donors (Lipinski definition) is 0. The minimum atomic E-state index is 0.191. The van der Waals surface area contributed by atoms with E-state index in [0.29, 0.717) is 12.0 Å². The van der Waals surface area contributed by atoms with E-state index in [1.165, 1.54) is 51.4 Å². The maximum absolute atomic E-state index is 6.06. The molecule has 4 unspecified atom stereocenters. The standard InChI is InChI=1S/C18H32O2/c1-5-6-7-8-10-18-11-9-16(12-17(18)20-18)13-19-15(4)14(2)3/h15-17H,2,5-13H2,1,3-4H3. The normalized spacial score (nSPS) is 33.5. The molecule has 0 aromatic carbocycles. The smallest absolute Gasteiger partial charge is 0.0948 e. The Morgan fingerprint density at radius 2 is 2.20 bits per heavy atom. The van der Waals surface area contributed by atoms with Crippen LogP contribution in [0.4, 0.5) is 0 Å². The Morgan fingerprint density at radius 1 is 1.40 bits per heavy atom. The predicted molar refractivity (Wildman–Crippen MR) is 83.9 cm³/mol. The molecule has 0 radical (unpaired) electrons. The molecule has 1 aliphatic heterocycles. The van der Waals surface area contributed by atoms with Gasteiger partial charge in [0.25, 0.3) is 0 Å². The van der Waals surface area contributed by atoms with Gasteiger partial charge in [0, 0.05) is 0 Å². The summed E-state index contributed by atoms with van der Waals surface area (Å²) in [5.74, 6) is 0.688. The first kappa shape index (κ1) is 16.0. The third-order valence-electron chi connectivity index (χ3n) is 5.16. The van der Waals surface area contributed by atoms with Crippen LogP contribution in [-0.4, -0.2) is 24.4 Å². The Labute approximate surface area is 124 Å². The molecule has 1 aliphatic carbocycles. The highest BCUT2D eigenvalue weighted by atomic mass is 16.6. The van der Waals surface area contributed by atoms with Gasteiger partial charge in [-0.1, -0.05) is 44.8 Å². The number of hydrogen-bond acceptors (Lipinski definition) is 2. The van der Waals surface area contributed by atoms with Crippen molar-refractivity contribution in [2.45, 2.75) is 89.9 Å². The van der Waals surface area contributed by atoms with Gasteiger partial charge in [-0.15, -0.1) is 0 Å². The lowest BCUT2D eigenvalue weighted by Gasteiger charge is -2.26. The number of ether oxygens (including phenoxy) is 2. The summed E-state index contributed by atoms with van der Waals surface area (Å²) >= 11 is 0. The zero-order valence-corrected chi connectivity index (χ0v) is 13.6. The van der Waals surface area contributed by atoms with Gasteiger partial charge in [0.05, 0.1) is 24.4 Å². The van der Waals surface area contributed by atoms with Gasteiger partial charge in [-0.3, -0.25) is 0 Å². The summed E-state index contributed by atoms with van der Waals surface area (Å²) in [6, 6.07) is 0. The fraction of sp³-hybridized carbons (Fsp3) is 0.889. The van der Waals surface area contributed by atoms with Crippen LogP contribution in [0.3, 0.4) is 0 Å². The SMILES string of the molecule is C=C(C)C(C)OCC1CCC2(CCCCCC)OC2C1. The maximum atomic E-state index is 6.06. The lowest BCUT2D eigenvalue weighted by molar-refractivity contribution is 0.0505. The summed E-state index contributed by atoms with van der Waals surface area (Å²) in [4.78, 5) is 0. The first-order valence-electron chi connectivity index (χ1n) is 8.52. The Kier molecular flexibility index (Phi) is 5.68. The van der Waals surface area contributed by atoms with Crippen LogP contribution in [-0.2, 0) is 9.47 Å². The van der Waals surface area contributed by atoms with Crippen LogP contribution in [0, 0.1) is 5.92 Å². The number of unbranched alkanes of at least 4 members (excludes halogenated alkanes) is 3. The van der Waals surface area contributed by atoms with Crippen LogP contribution in [0.25, 0.3) is 0 Å². The highest BCUT2D eigenvalue weighted by molar-refractivity contribution is 5.06. The van der Waals surface area contributed by atoms with Gasteiger partial charge >= 0.3 is 0 Å². The van der Waals surface area contributed by atoms with Crippen molar-refractivity contribution in [1.29, 1.82) is 0 Å². The molecule has 1 saturated carbocycles. The first-order valence-corrected chi connectivity index (χ1v) is 8.52. The number of rotatable bonds is 9. The molecule has 0 aromatic rings. The van der Waals surface area contributed by atoms with E-state index in [0.717, 1.165) is 12.2 Å². The van der Waals surface area contributed by atoms with Gasteiger partial charge in [0.2, 0.25) is 0 Å². The summed E-state index contributed by atoms with van der Waals surface area (Å²) in [5, 5.41) is 0. The van der Waals surface area contributed by atoms with Crippen molar-refractivity contribution in [3.8, 4) is 0 Å². The third-order valence-corrected chi connectivity index (χ3v) is 5.16. The Bertz CT molecular complexity index is 325. The quantitative estimate of drug-likeness (QED) is 0.341. The summed E-state index contributed by atoms with van der Waals surface area (Å²) in [7, 11) is 0. The monoisotopic (exact) mass is 280 g/mol. The average molecular weight is 280 g/mol. The van der Waals surface area contributed by atoms with Crippen molar-refractivity contribution in [3.05, 3.63) is 12.2 Å². The van der Waals surface area contributed by atoms with Gasteiger partial charge in [0.1, 0.15) is 0 Å². The fourth-order valence-corrected chi connectivity index (χ4v) is 3.37. The summed E-state index contributed by atoms with van der Waals surface area (Å²) in [6.07, 6.45) is 11.1. The van der Waals surface area contributed by atoms with E-state index in [9.17, 15) is 0 Å². The van der Waals surface area contributed by atoms with Crippen molar-refractivity contribution in [3.63, 3.8) is 0 Å². The zero-order valence-electron chi connectivity index (χ0n) is 13.6. The van der Waals surface area contributed by atoms with Gasteiger partial charge in [-0.2, -0.15) is 0 Å². The van der Waals surface area contributed by atoms with Crippen LogP contribution in [0.5, 0.6) is 0 Å². The van der Waals surface area contributed by atoms with Crippen molar-refractivity contribution in [1.82, 2.24) is 0 Å². The largest absolute Gasteiger partial charge is 0.374 e. The molecule has 20 heavy (non-hydrogen) atoms. The summed E-state index contributed by atoms with van der Waals surface area (Å²) < 4.78 is 12.0. The van der Waals surface area contributed by atoms with E-state index in [4.69, 9.17) is 9.47 Å². The van der Waals surface area contributed by atoms with Crippen LogP contribution in [0.1, 0.15) is 72.1 Å². The van der Waals surface area contributed by atoms with Gasteiger partial charge < -0.3 is 9.47 Å². The lowest BCUT2D eigenvalue weighted by Crippen LogP contribution is -2.27. The van der Waals surface area contributed by atoms with Crippen molar-refractivity contribution in [2.24, 2.45) is 5.92 Å². The molecule has 1 heterocycles. The lowest BCUT2D eigenvalue weighted by atomic mass is 9.80. The second-order valence-corrected chi connectivity index (χ2v) is 6.94. The Morgan fingerprint density at radius 3 is 2.85 bits per heavy atom. The van der Waals surface area contributed by atoms with Gasteiger partial charge in [0.15, 0.2) is 0 Å². The minimum Gasteiger partial charge on any atom is -0.374 e. The van der Waals surface area contributed by atoms with Crippen LogP contribution < -0.4 is 0 Å². The number of fused-ring (bicyclic) bond motifs is 1. The molecule has 2 aliphatic rings. The minimum absolute atomic E-state index is 0.191. The molecule has 2 heteroatoms. The van der Waals surface area contributed by atoms with Crippen molar-refractivity contribution < 1.29 is 9.47 Å². The molecule has 2 fully saturated rings. The van der Waals surface area contributed by atoms with E-state index in [-0.39, 0.29) is 11.7 Å². The van der Waals surface area contributed by atoms with E-state index < -0.39 is 0 Å². The van der Waals surface area contributed by atoms with Crippen LogP contribution >= 0.6 is 0 Å². The van der Waals surface area contributed by atoms with Gasteiger partial charge in [-0.25, -0.2) is 0 Å². The molecular formula is C18H32O2. The molecular weight excluding hydrogens is 248 g/mol. The van der Waals surface area contributed by atoms with Crippen molar-refractivity contribution >= 4 is 0 Å². The second-order valence-electron chi connectivity index (χ2n) is 6.94. The molecule has 0 amide bonds. The molecule has 0 bridgehead atoms. The fourth-order valence-electron chi connectivity index (χ4n) is 3.37. The maximum Gasteiger partial charge on any atom is 0.0948 e. The molecule has 0 spiro atoms. The van der Waals surface area contributed by atoms with E-state index in [2.05, 4.69) is 20.4 Å². The molecule has 2 rings (SSSR count). The predicted octanol–water partition coefficient (Wildman–Crippen LogP) is 4.88. The van der Waals surface area contributed by atoms with E-state index >= 15 is 0 Å². The van der Waals surface area contributed by atoms with Crippen molar-refractivity contribution in [2.75, 3.05) is 6.61 Å². The number of epoxide rings is 1. The first-order chi connectivity index (χ1) is 9.57. The second kappa shape index (κ2) is 7.09. The molecule has 0 aromatic heterocycles. The molecule has 116 valence electrons. The Hall–Kier alpha value is -0.340. The third kappa shape index (κ3) is 4.08. The van der Waals surface area contributed by atoms with Crippen LogP contribution in [0.2, 0.25) is 0 Å². The summed E-state index contributed by atoms with van der Waals surface area (Å²) in [5.41, 5.74) is 1.40. The average Bonchev–Trinajstić information content (AvgIpc) is 3.14. The molecule has 4 atom stereocenters. The highest BCUT2D eigenvalue weighted by Gasteiger charge is 2.57. The zero-order chi connectivity index (χ0) is 14.6. The Balaban J connectivity index is 1.64. The summed E-state index contributed by atoms with van der Waals surface area (Å²) in [6.45, 7) is 11.2. The molecule has 2 nitrogen and oxygen atoms in total.